The Morgan fingerprint density at radius 2 is 1.61 bits per heavy atom. The molecule has 0 atom stereocenters. The Morgan fingerprint density at radius 3 is 2.30 bits per heavy atom. The highest BCUT2D eigenvalue weighted by atomic mass is 19.4. The first-order valence-electron chi connectivity index (χ1n) is 10.4. The highest BCUT2D eigenvalue weighted by Crippen LogP contribution is 2.32. The van der Waals surface area contributed by atoms with Crippen LogP contribution in [0.2, 0.25) is 0 Å². The lowest BCUT2D eigenvalue weighted by Crippen LogP contribution is -2.36. The molecule has 0 spiro atoms. The summed E-state index contributed by atoms with van der Waals surface area (Å²) in [7, 11) is 0. The molecule has 0 heterocycles. The summed E-state index contributed by atoms with van der Waals surface area (Å²) in [6.07, 6.45) is -4.18. The first-order chi connectivity index (χ1) is 15.8. The van der Waals surface area contributed by atoms with Crippen molar-refractivity contribution in [2.45, 2.75) is 19.5 Å². The monoisotopic (exact) mass is 455 g/mol. The van der Waals surface area contributed by atoms with Gasteiger partial charge in [0.15, 0.2) is 0 Å². The number of hydrogen-bond donors (Lipinski definition) is 2. The third-order valence-corrected chi connectivity index (χ3v) is 4.98. The van der Waals surface area contributed by atoms with Gasteiger partial charge in [-0.2, -0.15) is 13.2 Å². The number of rotatable bonds is 7. The van der Waals surface area contributed by atoms with Crippen molar-refractivity contribution in [1.82, 2.24) is 5.32 Å². The predicted molar refractivity (Wildman–Crippen MR) is 122 cm³/mol. The molecule has 3 aromatic rings. The van der Waals surface area contributed by atoms with Crippen LogP contribution < -0.4 is 15.5 Å². The van der Waals surface area contributed by atoms with Gasteiger partial charge in [0.2, 0.25) is 0 Å². The van der Waals surface area contributed by atoms with Gasteiger partial charge in [0.1, 0.15) is 0 Å². The summed E-state index contributed by atoms with van der Waals surface area (Å²) >= 11 is 0. The van der Waals surface area contributed by atoms with E-state index in [1.54, 1.807) is 55.5 Å². The maximum Gasteiger partial charge on any atom is 0.416 e. The second-order valence-electron chi connectivity index (χ2n) is 7.42. The van der Waals surface area contributed by atoms with Crippen LogP contribution in [-0.4, -0.2) is 25.0 Å². The lowest BCUT2D eigenvalue weighted by Gasteiger charge is -2.25. The third-order valence-electron chi connectivity index (χ3n) is 4.98. The number of benzene rings is 3. The first-order valence-corrected chi connectivity index (χ1v) is 10.4. The molecule has 5 nitrogen and oxygen atoms in total. The molecule has 0 aliphatic heterocycles. The zero-order valence-corrected chi connectivity index (χ0v) is 18.0. The van der Waals surface area contributed by atoms with Gasteiger partial charge in [-0.25, -0.2) is 4.79 Å². The van der Waals surface area contributed by atoms with Gasteiger partial charge in [-0.15, -0.1) is 0 Å². The fourth-order valence-electron chi connectivity index (χ4n) is 3.29. The normalized spacial score (nSPS) is 11.0. The van der Waals surface area contributed by atoms with E-state index in [0.717, 1.165) is 17.7 Å². The van der Waals surface area contributed by atoms with Crippen molar-refractivity contribution in [3.05, 3.63) is 95.6 Å². The van der Waals surface area contributed by atoms with Gasteiger partial charge in [0.05, 0.1) is 5.56 Å². The maximum atomic E-state index is 13.2. The fourth-order valence-corrected chi connectivity index (χ4v) is 3.29. The number of anilines is 2. The number of hydrogen-bond acceptors (Lipinski definition) is 2. The zero-order chi connectivity index (χ0) is 23.8. The Kier molecular flexibility index (Phi) is 7.71. The topological polar surface area (TPSA) is 61.4 Å². The van der Waals surface area contributed by atoms with Crippen molar-refractivity contribution in [1.29, 1.82) is 0 Å². The van der Waals surface area contributed by atoms with Gasteiger partial charge in [0, 0.05) is 30.0 Å². The predicted octanol–water partition coefficient (Wildman–Crippen LogP) is 5.87. The van der Waals surface area contributed by atoms with Gasteiger partial charge >= 0.3 is 12.2 Å². The molecule has 0 unspecified atom stereocenters. The molecule has 33 heavy (non-hydrogen) atoms. The Hall–Kier alpha value is -3.81. The van der Waals surface area contributed by atoms with E-state index >= 15 is 0 Å². The minimum absolute atomic E-state index is 0.125. The molecule has 0 radical (unpaired) electrons. The molecular formula is C25H24F3N3O2. The fraction of sp³-hybridized carbons (Fsp3) is 0.200. The van der Waals surface area contributed by atoms with Crippen LogP contribution in [0.3, 0.4) is 0 Å². The van der Waals surface area contributed by atoms with Gasteiger partial charge < -0.3 is 15.5 Å². The van der Waals surface area contributed by atoms with E-state index in [2.05, 4.69) is 10.6 Å². The van der Waals surface area contributed by atoms with E-state index < -0.39 is 23.7 Å². The maximum absolute atomic E-state index is 13.2. The lowest BCUT2D eigenvalue weighted by atomic mass is 10.1. The highest BCUT2D eigenvalue weighted by molar-refractivity contribution is 6.07. The molecule has 0 saturated heterocycles. The lowest BCUT2D eigenvalue weighted by molar-refractivity contribution is -0.137. The SMILES string of the molecule is Cc1ccccc1C(=O)N(CCCNC(=O)Nc1ccccc1)c1cccc(C(F)(F)F)c1. The van der Waals surface area contributed by atoms with Crippen molar-refractivity contribution in [2.24, 2.45) is 0 Å². The molecule has 3 aromatic carbocycles. The molecule has 0 saturated carbocycles. The Labute approximate surface area is 190 Å². The van der Waals surface area contributed by atoms with Crippen molar-refractivity contribution in [3.8, 4) is 0 Å². The van der Waals surface area contributed by atoms with Gasteiger partial charge in [-0.05, 0) is 55.3 Å². The molecule has 172 valence electrons. The molecule has 0 aliphatic carbocycles. The highest BCUT2D eigenvalue weighted by Gasteiger charge is 2.31. The average molecular weight is 455 g/mol. The number of nitrogens with zero attached hydrogens (tertiary/aromatic N) is 1. The molecule has 2 N–H and O–H groups in total. The van der Waals surface area contributed by atoms with E-state index in [4.69, 9.17) is 0 Å². The quantitative estimate of drug-likeness (QED) is 0.438. The summed E-state index contributed by atoms with van der Waals surface area (Å²) in [6, 6.07) is 20.1. The summed E-state index contributed by atoms with van der Waals surface area (Å²) < 4.78 is 39.7. The Bertz CT molecular complexity index is 1100. The number of amides is 3. The Morgan fingerprint density at radius 1 is 0.909 bits per heavy atom. The van der Waals surface area contributed by atoms with Crippen LogP contribution in [0.4, 0.5) is 29.3 Å². The van der Waals surface area contributed by atoms with Gasteiger partial charge in [-0.3, -0.25) is 4.79 Å². The molecule has 3 rings (SSSR count). The number of para-hydroxylation sites is 1. The summed E-state index contributed by atoms with van der Waals surface area (Å²) in [5.74, 6) is -0.402. The van der Waals surface area contributed by atoms with Crippen LogP contribution in [0.25, 0.3) is 0 Å². The minimum atomic E-state index is -4.52. The molecular weight excluding hydrogens is 431 g/mol. The van der Waals surface area contributed by atoms with Crippen LogP contribution in [0.5, 0.6) is 0 Å². The van der Waals surface area contributed by atoms with Crippen LogP contribution in [0.15, 0.2) is 78.9 Å². The second kappa shape index (κ2) is 10.7. The first kappa shape index (κ1) is 23.8. The largest absolute Gasteiger partial charge is 0.416 e. The van der Waals surface area contributed by atoms with Crippen LogP contribution >= 0.6 is 0 Å². The van der Waals surface area contributed by atoms with Crippen LogP contribution in [-0.2, 0) is 6.18 Å². The summed E-state index contributed by atoms with van der Waals surface area (Å²) in [4.78, 5) is 26.6. The summed E-state index contributed by atoms with van der Waals surface area (Å²) in [6.45, 7) is 2.13. The van der Waals surface area contributed by atoms with Crippen molar-refractivity contribution in [3.63, 3.8) is 0 Å². The molecule has 0 fully saturated rings. The number of carbonyl (C=O) groups is 2. The molecule has 0 bridgehead atoms. The van der Waals surface area contributed by atoms with Crippen molar-refractivity contribution >= 4 is 23.3 Å². The van der Waals surface area contributed by atoms with Crippen molar-refractivity contribution in [2.75, 3.05) is 23.3 Å². The number of nitrogens with one attached hydrogen (secondary N) is 2. The van der Waals surface area contributed by atoms with Crippen LogP contribution in [0, 0.1) is 6.92 Å². The number of aryl methyl sites for hydroxylation is 1. The van der Waals surface area contributed by atoms with Gasteiger partial charge in [-0.1, -0.05) is 42.5 Å². The van der Waals surface area contributed by atoms with E-state index in [1.807, 2.05) is 6.07 Å². The van der Waals surface area contributed by atoms with Crippen molar-refractivity contribution < 1.29 is 22.8 Å². The zero-order valence-electron chi connectivity index (χ0n) is 18.0. The third kappa shape index (κ3) is 6.58. The average Bonchev–Trinajstić information content (AvgIpc) is 2.79. The summed E-state index contributed by atoms with van der Waals surface area (Å²) in [5.41, 5.74) is 1.08. The van der Waals surface area contributed by atoms with E-state index in [9.17, 15) is 22.8 Å². The van der Waals surface area contributed by atoms with E-state index in [-0.39, 0.29) is 18.8 Å². The number of carbonyl (C=O) groups excluding carboxylic acids is 2. The smallest absolute Gasteiger partial charge is 0.338 e. The van der Waals surface area contributed by atoms with Gasteiger partial charge in [0.25, 0.3) is 5.91 Å². The Balaban J connectivity index is 1.72. The molecule has 3 amide bonds. The minimum Gasteiger partial charge on any atom is -0.338 e. The van der Waals surface area contributed by atoms with E-state index in [1.165, 1.54) is 17.0 Å². The molecule has 0 aliphatic rings. The number of halogens is 3. The number of urea groups is 1. The van der Waals surface area contributed by atoms with Crippen LogP contribution in [0.1, 0.15) is 27.9 Å². The second-order valence-corrected chi connectivity index (χ2v) is 7.42. The standard InChI is InChI=1S/C25H24F3N3O2/c1-18-9-5-6-14-22(18)23(32)31(21-13-7-10-19(17-21)25(26,27)28)16-8-15-29-24(33)30-20-11-3-2-4-12-20/h2-7,9-14,17H,8,15-16H2,1H3,(H2,29,30,33). The van der Waals surface area contributed by atoms with E-state index in [0.29, 0.717) is 17.7 Å². The molecule has 0 aromatic heterocycles. The molecule has 8 heteroatoms. The number of alkyl halides is 3. The summed E-state index contributed by atoms with van der Waals surface area (Å²) in [5, 5.41) is 5.38.